The number of piperidine rings is 2. The maximum atomic E-state index is 15.8. The minimum atomic E-state index is -1.20. The molecule has 1 aliphatic carbocycles. The number of fused-ring (bicyclic) bond motifs is 2. The highest BCUT2D eigenvalue weighted by molar-refractivity contribution is 5.95. The number of hydrogen-bond donors (Lipinski definition) is 1. The molecule has 2 atom stereocenters. The zero-order valence-electron chi connectivity index (χ0n) is 27.6. The highest BCUT2D eigenvalue weighted by atomic mass is 19.1. The smallest absolute Gasteiger partial charge is 0.255 e. The van der Waals surface area contributed by atoms with Crippen LogP contribution in [0, 0.1) is 18.7 Å². The number of alkyl halides is 1. The first-order valence-electron chi connectivity index (χ1n) is 16.8. The van der Waals surface area contributed by atoms with Crippen molar-refractivity contribution >= 4 is 28.2 Å². The summed E-state index contributed by atoms with van der Waals surface area (Å²) >= 11 is 0. The molecule has 250 valence electrons. The van der Waals surface area contributed by atoms with Gasteiger partial charge in [-0.2, -0.15) is 5.10 Å². The van der Waals surface area contributed by atoms with Gasteiger partial charge in [0, 0.05) is 56.5 Å². The van der Waals surface area contributed by atoms with Crippen molar-refractivity contribution < 1.29 is 23.1 Å². The molecule has 3 fully saturated rings. The third-order valence-electron chi connectivity index (χ3n) is 10.5. The number of ether oxygens (including phenoxy) is 1. The van der Waals surface area contributed by atoms with Crippen LogP contribution < -0.4 is 5.73 Å². The Bertz CT molecular complexity index is 1840. The summed E-state index contributed by atoms with van der Waals surface area (Å²) in [5.41, 5.74) is 10.3. The molecular weight excluding hydrogens is 602 g/mol. The van der Waals surface area contributed by atoms with Gasteiger partial charge in [-0.15, -0.1) is 0 Å². The first kappa shape index (κ1) is 31.8. The third kappa shape index (κ3) is 5.82. The van der Waals surface area contributed by atoms with Gasteiger partial charge in [0.2, 0.25) is 0 Å². The van der Waals surface area contributed by atoms with Gasteiger partial charge < -0.3 is 24.8 Å². The summed E-state index contributed by atoms with van der Waals surface area (Å²) < 4.78 is 39.3. The highest BCUT2D eigenvalue weighted by Crippen LogP contribution is 2.41. The van der Waals surface area contributed by atoms with Crippen LogP contribution in [0.15, 0.2) is 36.5 Å². The van der Waals surface area contributed by atoms with Gasteiger partial charge in [-0.25, -0.2) is 13.3 Å². The number of nitrogens with zero attached hydrogens (tertiary/aromatic N) is 5. The first-order valence-corrected chi connectivity index (χ1v) is 16.8. The normalized spacial score (nSPS) is 21.3. The minimum absolute atomic E-state index is 0.0154. The summed E-state index contributed by atoms with van der Waals surface area (Å²) in [5.74, 6) is -0.129. The standard InChI is InChI=1S/C36H44F2N6O3/c1-21-31(40-44-18-25(14-29(38)32(21)44)34(45)42-19-26(37)16-27(39)20-42)30-15-24-6-5-7-28(33(24)43(30)17-22-8-9-22)23-10-12-41(13-11-23)35(46)36(2,3)47-4/h5-7,14-15,18,22-23,26-27H,8-13,16-17,19-20,39H2,1-4H3/t26-,27-/m1/s1. The number of aromatic nitrogens is 3. The van der Waals surface area contributed by atoms with Crippen LogP contribution in [-0.2, 0) is 16.1 Å². The molecule has 0 spiro atoms. The van der Waals surface area contributed by atoms with Crippen molar-refractivity contribution in [2.24, 2.45) is 11.7 Å². The van der Waals surface area contributed by atoms with E-state index >= 15 is 4.39 Å². The molecule has 47 heavy (non-hydrogen) atoms. The summed E-state index contributed by atoms with van der Waals surface area (Å²) in [4.78, 5) is 29.7. The van der Waals surface area contributed by atoms with Crippen LogP contribution in [-0.4, -0.2) is 86.9 Å². The summed E-state index contributed by atoms with van der Waals surface area (Å²) in [6.07, 6.45) is 4.60. The lowest BCUT2D eigenvalue weighted by molar-refractivity contribution is -0.152. The van der Waals surface area contributed by atoms with Crippen molar-refractivity contribution in [1.29, 1.82) is 0 Å². The Morgan fingerprint density at radius 1 is 1.06 bits per heavy atom. The van der Waals surface area contributed by atoms with Crippen LogP contribution in [0.1, 0.15) is 73.4 Å². The van der Waals surface area contributed by atoms with Crippen molar-refractivity contribution in [3.05, 3.63) is 59.0 Å². The molecule has 2 amide bonds. The maximum absolute atomic E-state index is 15.8. The second kappa shape index (κ2) is 12.0. The van der Waals surface area contributed by atoms with Crippen LogP contribution >= 0.6 is 0 Å². The van der Waals surface area contributed by atoms with Crippen molar-refractivity contribution in [1.82, 2.24) is 24.0 Å². The van der Waals surface area contributed by atoms with Crippen LogP contribution in [0.5, 0.6) is 0 Å². The van der Waals surface area contributed by atoms with Gasteiger partial charge in [0.1, 0.15) is 28.8 Å². The lowest BCUT2D eigenvalue weighted by Gasteiger charge is -2.36. The second-order valence-corrected chi connectivity index (χ2v) is 14.3. The number of para-hydroxylation sites is 1. The zero-order chi connectivity index (χ0) is 33.2. The molecule has 1 aromatic carbocycles. The first-order chi connectivity index (χ1) is 22.4. The van der Waals surface area contributed by atoms with Gasteiger partial charge in [0.25, 0.3) is 11.8 Å². The van der Waals surface area contributed by atoms with Gasteiger partial charge >= 0.3 is 0 Å². The molecule has 1 saturated carbocycles. The molecule has 3 aromatic heterocycles. The number of nitrogens with two attached hydrogens (primary N) is 1. The quantitative estimate of drug-likeness (QED) is 0.288. The number of amides is 2. The number of carbonyl (C=O) groups excluding carboxylic acids is 2. The Kier molecular flexibility index (Phi) is 8.11. The predicted octanol–water partition coefficient (Wildman–Crippen LogP) is 5.46. The lowest BCUT2D eigenvalue weighted by Crippen LogP contribution is -2.50. The Labute approximate surface area is 273 Å². The van der Waals surface area contributed by atoms with Crippen LogP contribution in [0.2, 0.25) is 0 Å². The summed E-state index contributed by atoms with van der Waals surface area (Å²) in [6.45, 7) is 7.85. The molecule has 4 aromatic rings. The summed E-state index contributed by atoms with van der Waals surface area (Å²) in [6, 6.07) is 9.35. The van der Waals surface area contributed by atoms with Gasteiger partial charge in [-0.1, -0.05) is 18.2 Å². The van der Waals surface area contributed by atoms with E-state index in [9.17, 15) is 14.0 Å². The van der Waals surface area contributed by atoms with Gasteiger partial charge in [-0.3, -0.25) is 9.59 Å². The van der Waals surface area contributed by atoms with Crippen molar-refractivity contribution in [3.63, 3.8) is 0 Å². The van der Waals surface area contributed by atoms with Gasteiger partial charge in [-0.05, 0) is 82.4 Å². The minimum Gasteiger partial charge on any atom is -0.369 e. The van der Waals surface area contributed by atoms with E-state index in [4.69, 9.17) is 15.6 Å². The number of benzene rings is 1. The maximum Gasteiger partial charge on any atom is 0.255 e. The van der Waals surface area contributed by atoms with Gasteiger partial charge in [0.05, 0.1) is 23.3 Å². The number of carbonyl (C=O) groups is 2. The fourth-order valence-corrected chi connectivity index (χ4v) is 7.54. The Morgan fingerprint density at radius 3 is 2.49 bits per heavy atom. The molecule has 2 aliphatic heterocycles. The van der Waals surface area contributed by atoms with Crippen LogP contribution in [0.25, 0.3) is 27.8 Å². The number of aryl methyl sites for hydroxylation is 1. The fraction of sp³-hybridized carbons (Fsp3) is 0.528. The van der Waals surface area contributed by atoms with Crippen LogP contribution in [0.4, 0.5) is 8.78 Å². The SMILES string of the molecule is COC(C)(C)C(=O)N1CCC(c2cccc3cc(-c4nn5cc(C(=O)N6C[C@H](N)C[C@@H](F)C6)cc(F)c5c4C)n(CC4CC4)c23)CC1. The van der Waals surface area contributed by atoms with Crippen molar-refractivity contribution in [3.8, 4) is 11.4 Å². The third-order valence-corrected chi connectivity index (χ3v) is 10.5. The highest BCUT2D eigenvalue weighted by Gasteiger charge is 2.35. The van der Waals surface area contributed by atoms with E-state index in [0.717, 1.165) is 30.5 Å². The van der Waals surface area contributed by atoms with Crippen molar-refractivity contribution in [2.75, 3.05) is 33.3 Å². The number of pyridine rings is 1. The molecule has 2 N–H and O–H groups in total. The Balaban J connectivity index is 1.25. The fourth-order valence-electron chi connectivity index (χ4n) is 7.54. The summed E-state index contributed by atoms with van der Waals surface area (Å²) in [7, 11) is 1.57. The van der Waals surface area contributed by atoms with Crippen LogP contribution in [0.3, 0.4) is 0 Å². The van der Waals surface area contributed by atoms with E-state index in [1.165, 1.54) is 39.4 Å². The number of halogens is 2. The molecule has 0 bridgehead atoms. The van der Waals surface area contributed by atoms with E-state index in [1.807, 2.05) is 25.7 Å². The second-order valence-electron chi connectivity index (χ2n) is 14.3. The average Bonchev–Trinajstić information content (AvgIpc) is 3.71. The van der Waals surface area contributed by atoms with E-state index in [-0.39, 0.29) is 36.9 Å². The molecular formula is C36H44F2N6O3. The Morgan fingerprint density at radius 2 is 1.81 bits per heavy atom. The van der Waals surface area contributed by atoms with E-state index in [2.05, 4.69) is 28.8 Å². The number of methoxy groups -OCH3 is 1. The summed E-state index contributed by atoms with van der Waals surface area (Å²) in [5, 5.41) is 5.98. The largest absolute Gasteiger partial charge is 0.369 e. The number of rotatable bonds is 7. The monoisotopic (exact) mass is 646 g/mol. The van der Waals surface area contributed by atoms with Crippen molar-refractivity contribution in [2.45, 2.75) is 83.2 Å². The molecule has 11 heteroatoms. The lowest BCUT2D eigenvalue weighted by atomic mass is 9.87. The predicted molar refractivity (Wildman–Crippen MR) is 177 cm³/mol. The molecule has 3 aliphatic rings. The molecule has 9 nitrogen and oxygen atoms in total. The zero-order valence-corrected chi connectivity index (χ0v) is 27.6. The Hall–Kier alpha value is -3.83. The topological polar surface area (TPSA) is 98.1 Å². The molecule has 0 unspecified atom stereocenters. The average molecular weight is 647 g/mol. The number of hydrogen-bond acceptors (Lipinski definition) is 5. The van der Waals surface area contributed by atoms with E-state index < -0.39 is 29.5 Å². The molecule has 7 rings (SSSR count). The van der Waals surface area contributed by atoms with Gasteiger partial charge in [0.15, 0.2) is 0 Å². The number of likely N-dealkylation sites (tertiary alicyclic amines) is 2. The van der Waals surface area contributed by atoms with E-state index in [0.29, 0.717) is 35.8 Å². The molecule has 5 heterocycles. The van der Waals surface area contributed by atoms with E-state index in [1.54, 1.807) is 13.3 Å². The molecule has 0 radical (unpaired) electrons. The molecule has 2 saturated heterocycles.